The molecule has 8 nitrogen and oxygen atoms in total. The SMILES string of the molecule is C[C@H]1[C@@H](CN(Cc2ccccc2)Cc2ccccc2)O[C@@H](c2ccc(-c3ccccc3CNC(=O)Nc3ccc(Oc4ccccc4)cc3)cc2)O[C@H]1c1ccc(CO)cc1. The van der Waals surface area contributed by atoms with Gasteiger partial charge in [0.15, 0.2) is 6.29 Å². The lowest BCUT2D eigenvalue weighted by Gasteiger charge is -2.43. The van der Waals surface area contributed by atoms with Crippen LogP contribution in [0.1, 0.15) is 52.7 Å². The molecule has 1 saturated heterocycles. The Labute approximate surface area is 358 Å². The van der Waals surface area contributed by atoms with E-state index in [4.69, 9.17) is 14.2 Å². The molecule has 1 heterocycles. The molecule has 0 unspecified atom stereocenters. The molecular weight excluding hydrogens is 759 g/mol. The predicted octanol–water partition coefficient (Wildman–Crippen LogP) is 11.5. The van der Waals surface area contributed by atoms with Crippen molar-refractivity contribution in [3.05, 3.63) is 221 Å². The Morgan fingerprint density at radius 2 is 1.20 bits per heavy atom. The fourth-order valence-corrected chi connectivity index (χ4v) is 7.81. The number of aliphatic hydroxyl groups is 1. The van der Waals surface area contributed by atoms with E-state index in [0.29, 0.717) is 24.5 Å². The topological polar surface area (TPSA) is 92.3 Å². The molecule has 308 valence electrons. The van der Waals surface area contributed by atoms with Gasteiger partial charge in [0.2, 0.25) is 0 Å². The molecule has 3 N–H and O–H groups in total. The van der Waals surface area contributed by atoms with Crippen LogP contribution < -0.4 is 15.4 Å². The normalized spacial score (nSPS) is 17.4. The van der Waals surface area contributed by atoms with Gasteiger partial charge in [0.1, 0.15) is 11.5 Å². The predicted molar refractivity (Wildman–Crippen MR) is 241 cm³/mol. The monoisotopic (exact) mass is 809 g/mol. The maximum absolute atomic E-state index is 13.0. The van der Waals surface area contributed by atoms with Crippen LogP contribution in [0.5, 0.6) is 11.5 Å². The summed E-state index contributed by atoms with van der Waals surface area (Å²) in [5.41, 5.74) is 9.02. The Morgan fingerprint density at radius 1 is 0.623 bits per heavy atom. The van der Waals surface area contributed by atoms with Gasteiger partial charge in [-0.1, -0.05) is 159 Å². The minimum absolute atomic E-state index is 0.0110. The van der Waals surface area contributed by atoms with Crippen molar-refractivity contribution >= 4 is 11.7 Å². The van der Waals surface area contributed by atoms with Crippen molar-refractivity contribution < 1.29 is 24.1 Å². The van der Waals surface area contributed by atoms with E-state index >= 15 is 0 Å². The molecule has 1 fully saturated rings. The number of nitrogens with zero attached hydrogens (tertiary/aromatic N) is 1. The van der Waals surface area contributed by atoms with Crippen LogP contribution in [0.25, 0.3) is 11.1 Å². The van der Waals surface area contributed by atoms with E-state index in [0.717, 1.165) is 52.2 Å². The van der Waals surface area contributed by atoms with Crippen LogP contribution in [0.3, 0.4) is 0 Å². The third-order valence-corrected chi connectivity index (χ3v) is 11.1. The maximum Gasteiger partial charge on any atom is 0.319 e. The molecule has 4 atom stereocenters. The van der Waals surface area contributed by atoms with Gasteiger partial charge in [0.05, 0.1) is 18.8 Å². The van der Waals surface area contributed by atoms with Crippen LogP contribution in [-0.2, 0) is 35.7 Å². The molecule has 0 aromatic heterocycles. The number of anilines is 1. The number of amides is 2. The fraction of sp³-hybridized carbons (Fsp3) is 0.189. The molecule has 7 aromatic carbocycles. The summed E-state index contributed by atoms with van der Waals surface area (Å²) in [4.78, 5) is 15.5. The van der Waals surface area contributed by atoms with Crippen LogP contribution >= 0.6 is 0 Å². The van der Waals surface area contributed by atoms with Gasteiger partial charge in [-0.3, -0.25) is 4.90 Å². The molecule has 2 amide bonds. The van der Waals surface area contributed by atoms with Gasteiger partial charge < -0.3 is 30.0 Å². The highest BCUT2D eigenvalue weighted by Gasteiger charge is 2.39. The first-order valence-corrected chi connectivity index (χ1v) is 20.8. The average Bonchev–Trinajstić information content (AvgIpc) is 3.31. The third-order valence-electron chi connectivity index (χ3n) is 11.1. The first kappa shape index (κ1) is 41.2. The number of urea groups is 1. The number of aliphatic hydroxyl groups excluding tert-OH is 1. The van der Waals surface area contributed by atoms with Gasteiger partial charge in [-0.2, -0.15) is 0 Å². The van der Waals surface area contributed by atoms with E-state index in [2.05, 4.69) is 126 Å². The number of carbonyl (C=O) groups excluding carboxylic acids is 1. The van der Waals surface area contributed by atoms with Gasteiger partial charge in [-0.05, 0) is 75.3 Å². The van der Waals surface area contributed by atoms with E-state index in [1.165, 1.54) is 11.1 Å². The van der Waals surface area contributed by atoms with E-state index in [9.17, 15) is 9.90 Å². The summed E-state index contributed by atoms with van der Waals surface area (Å²) < 4.78 is 19.7. The van der Waals surface area contributed by atoms with Crippen molar-refractivity contribution in [3.63, 3.8) is 0 Å². The number of rotatable bonds is 15. The standard InChI is InChI=1S/C53H51N3O5/c1-38-50(36-56(34-39-13-5-2-6-14-39)35-40-15-7-3-8-16-40)60-52(61-51(38)43-23-21-41(37-57)22-24-43)44-27-25-42(26-28-44)49-20-12-11-17-45(49)33-54-53(58)55-46-29-31-48(32-30-46)59-47-18-9-4-10-19-47/h2-32,38,50-52,57H,33-37H2,1H3,(H2,54,55,58)/t38-,50+,51+,52+/m0/s1. The van der Waals surface area contributed by atoms with Crippen molar-refractivity contribution in [2.45, 2.75) is 51.7 Å². The van der Waals surface area contributed by atoms with Crippen LogP contribution in [0.4, 0.5) is 10.5 Å². The number of nitrogens with one attached hydrogen (secondary N) is 2. The minimum Gasteiger partial charge on any atom is -0.457 e. The molecule has 1 aliphatic heterocycles. The highest BCUT2D eigenvalue weighted by molar-refractivity contribution is 5.89. The summed E-state index contributed by atoms with van der Waals surface area (Å²) in [6.45, 7) is 4.81. The molecule has 8 rings (SSSR count). The quantitative estimate of drug-likeness (QED) is 0.0955. The molecule has 7 aromatic rings. The van der Waals surface area contributed by atoms with Crippen molar-refractivity contribution in [2.75, 3.05) is 11.9 Å². The lowest BCUT2D eigenvalue weighted by atomic mass is 9.89. The molecule has 1 aliphatic rings. The Bertz CT molecular complexity index is 2390. The Hall–Kier alpha value is -6.55. The van der Waals surface area contributed by atoms with Crippen molar-refractivity contribution in [1.82, 2.24) is 10.2 Å². The van der Waals surface area contributed by atoms with Crippen LogP contribution in [-0.4, -0.2) is 28.7 Å². The van der Waals surface area contributed by atoms with Gasteiger partial charge in [0, 0.05) is 43.3 Å². The zero-order valence-electron chi connectivity index (χ0n) is 34.3. The summed E-state index contributed by atoms with van der Waals surface area (Å²) in [7, 11) is 0. The van der Waals surface area contributed by atoms with Crippen molar-refractivity contribution in [2.24, 2.45) is 5.92 Å². The summed E-state index contributed by atoms with van der Waals surface area (Å²) in [6.07, 6.45) is -0.982. The average molecular weight is 810 g/mol. The van der Waals surface area contributed by atoms with E-state index in [1.807, 2.05) is 84.9 Å². The minimum atomic E-state index is -0.604. The summed E-state index contributed by atoms with van der Waals surface area (Å²) >= 11 is 0. The molecule has 8 heteroatoms. The Balaban J connectivity index is 0.969. The number of para-hydroxylation sites is 1. The molecular formula is C53H51N3O5. The lowest BCUT2D eigenvalue weighted by molar-refractivity contribution is -0.276. The summed E-state index contributed by atoms with van der Waals surface area (Å²) in [6, 6.07) is 62.2. The van der Waals surface area contributed by atoms with Crippen LogP contribution in [0.2, 0.25) is 0 Å². The number of carbonyl (C=O) groups is 1. The summed E-state index contributed by atoms with van der Waals surface area (Å²) in [5.74, 6) is 1.47. The largest absolute Gasteiger partial charge is 0.457 e. The molecule has 61 heavy (non-hydrogen) atoms. The first-order chi connectivity index (χ1) is 30.0. The number of benzene rings is 7. The zero-order chi connectivity index (χ0) is 41.8. The summed E-state index contributed by atoms with van der Waals surface area (Å²) in [5, 5.41) is 15.7. The Kier molecular flexibility index (Phi) is 13.6. The van der Waals surface area contributed by atoms with Gasteiger partial charge >= 0.3 is 6.03 Å². The molecule has 0 bridgehead atoms. The van der Waals surface area contributed by atoms with Gasteiger partial charge in [-0.25, -0.2) is 4.79 Å². The van der Waals surface area contributed by atoms with E-state index in [-0.39, 0.29) is 30.8 Å². The second-order valence-corrected chi connectivity index (χ2v) is 15.5. The van der Waals surface area contributed by atoms with Crippen LogP contribution in [0.15, 0.2) is 188 Å². The number of hydrogen-bond acceptors (Lipinski definition) is 6. The van der Waals surface area contributed by atoms with Gasteiger partial charge in [-0.15, -0.1) is 0 Å². The lowest BCUT2D eigenvalue weighted by Crippen LogP contribution is -2.44. The van der Waals surface area contributed by atoms with E-state index in [1.54, 1.807) is 0 Å². The maximum atomic E-state index is 13.0. The second-order valence-electron chi connectivity index (χ2n) is 15.5. The highest BCUT2D eigenvalue weighted by atomic mass is 16.7. The van der Waals surface area contributed by atoms with Crippen LogP contribution in [0, 0.1) is 5.92 Å². The second kappa shape index (κ2) is 20.1. The number of hydrogen-bond donors (Lipinski definition) is 3. The highest BCUT2D eigenvalue weighted by Crippen LogP contribution is 2.42. The van der Waals surface area contributed by atoms with E-state index < -0.39 is 6.29 Å². The first-order valence-electron chi connectivity index (χ1n) is 20.8. The molecule has 0 aliphatic carbocycles. The van der Waals surface area contributed by atoms with Crippen molar-refractivity contribution in [1.29, 1.82) is 0 Å². The fourth-order valence-electron chi connectivity index (χ4n) is 7.81. The molecule has 0 spiro atoms. The van der Waals surface area contributed by atoms with Gasteiger partial charge in [0.25, 0.3) is 0 Å². The third kappa shape index (κ3) is 11.0. The molecule has 0 radical (unpaired) electrons. The Morgan fingerprint density at radius 3 is 1.84 bits per heavy atom. The molecule has 0 saturated carbocycles. The number of ether oxygens (including phenoxy) is 3. The smallest absolute Gasteiger partial charge is 0.319 e. The van der Waals surface area contributed by atoms with Crippen molar-refractivity contribution in [3.8, 4) is 22.6 Å². The zero-order valence-corrected chi connectivity index (χ0v) is 34.3.